The van der Waals surface area contributed by atoms with E-state index in [4.69, 9.17) is 0 Å². The fraction of sp³-hybridized carbons (Fsp3) is 0. The van der Waals surface area contributed by atoms with Crippen LogP contribution >= 0.6 is 0 Å². The second-order valence-electron chi connectivity index (χ2n) is 6.45. The van der Waals surface area contributed by atoms with E-state index in [1.165, 1.54) is 6.07 Å². The summed E-state index contributed by atoms with van der Waals surface area (Å²) in [5, 5.41) is 33.0. The van der Waals surface area contributed by atoms with Gasteiger partial charge in [0.15, 0.2) is 0 Å². The van der Waals surface area contributed by atoms with Gasteiger partial charge in [-0.25, -0.2) is 9.78 Å². The predicted octanol–water partition coefficient (Wildman–Crippen LogP) is 4.92. The summed E-state index contributed by atoms with van der Waals surface area (Å²) in [7, 11) is 0. The van der Waals surface area contributed by atoms with Gasteiger partial charge in [0.2, 0.25) is 0 Å². The third-order valence-corrected chi connectivity index (χ3v) is 4.55. The van der Waals surface area contributed by atoms with Gasteiger partial charge in [-0.3, -0.25) is 0 Å². The molecule has 6 nitrogen and oxygen atoms in total. The molecule has 0 aliphatic carbocycles. The van der Waals surface area contributed by atoms with Gasteiger partial charge in [-0.05, 0) is 53.4 Å². The predicted molar refractivity (Wildman–Crippen MR) is 110 cm³/mol. The summed E-state index contributed by atoms with van der Waals surface area (Å²) in [6.45, 7) is 0. The van der Waals surface area contributed by atoms with Gasteiger partial charge in [0, 0.05) is 28.9 Å². The molecule has 0 saturated carbocycles. The number of carbonyl (C=O) groups is 1. The lowest BCUT2D eigenvalue weighted by Gasteiger charge is -2.13. The topological polar surface area (TPSA) is 106 Å². The highest BCUT2D eigenvalue weighted by atomic mass is 16.4. The van der Waals surface area contributed by atoms with Crippen molar-refractivity contribution in [2.45, 2.75) is 0 Å². The van der Waals surface area contributed by atoms with E-state index in [0.717, 1.165) is 16.3 Å². The highest BCUT2D eigenvalue weighted by Crippen LogP contribution is 2.34. The standard InChI is InChI=1S/C23H15N3O3/c24-12-14-7-8-19-20(9-14)21(15-3-1-4-16(10-15)23(28)29)13-25-22(19)26-17-5-2-6-18(27)11-17/h1-11,13,27H,(H,25,26)(H,28,29). The molecule has 0 atom stereocenters. The number of benzene rings is 3. The molecule has 0 unspecified atom stereocenters. The number of carboxylic acids is 1. The van der Waals surface area contributed by atoms with Gasteiger partial charge in [0.25, 0.3) is 0 Å². The van der Waals surface area contributed by atoms with Crippen LogP contribution in [0.1, 0.15) is 15.9 Å². The molecule has 1 aromatic heterocycles. The number of nitrogens with one attached hydrogen (secondary N) is 1. The minimum atomic E-state index is -1.01. The zero-order valence-electron chi connectivity index (χ0n) is 15.1. The van der Waals surface area contributed by atoms with Crippen LogP contribution in [-0.2, 0) is 0 Å². The van der Waals surface area contributed by atoms with Gasteiger partial charge >= 0.3 is 5.97 Å². The Labute approximate surface area is 166 Å². The summed E-state index contributed by atoms with van der Waals surface area (Å²) in [5.74, 6) is -0.314. The zero-order valence-corrected chi connectivity index (χ0v) is 15.1. The number of rotatable bonds is 4. The quantitative estimate of drug-likeness (QED) is 0.463. The number of aromatic carboxylic acids is 1. The first kappa shape index (κ1) is 18.0. The van der Waals surface area contributed by atoms with E-state index in [9.17, 15) is 20.3 Å². The smallest absolute Gasteiger partial charge is 0.335 e. The molecule has 0 amide bonds. The first-order chi connectivity index (χ1) is 14.0. The average molecular weight is 381 g/mol. The van der Waals surface area contributed by atoms with Crippen molar-refractivity contribution < 1.29 is 15.0 Å². The molecule has 4 aromatic rings. The van der Waals surface area contributed by atoms with E-state index in [-0.39, 0.29) is 11.3 Å². The zero-order chi connectivity index (χ0) is 20.4. The Morgan fingerprint density at radius 1 is 1.00 bits per heavy atom. The molecule has 140 valence electrons. The number of nitrogens with zero attached hydrogens (tertiary/aromatic N) is 2. The molecular weight excluding hydrogens is 366 g/mol. The van der Waals surface area contributed by atoms with Gasteiger partial charge in [-0.1, -0.05) is 18.2 Å². The molecule has 0 aliphatic rings. The Hall–Kier alpha value is -4.37. The van der Waals surface area contributed by atoms with Crippen molar-refractivity contribution in [2.75, 3.05) is 5.32 Å². The van der Waals surface area contributed by atoms with E-state index < -0.39 is 5.97 Å². The molecule has 3 N–H and O–H groups in total. The lowest BCUT2D eigenvalue weighted by atomic mass is 9.97. The minimum Gasteiger partial charge on any atom is -0.508 e. The van der Waals surface area contributed by atoms with Crippen LogP contribution in [0.3, 0.4) is 0 Å². The molecule has 0 radical (unpaired) electrons. The van der Waals surface area contributed by atoms with Crippen LogP contribution in [0.15, 0.2) is 72.9 Å². The summed E-state index contributed by atoms with van der Waals surface area (Å²) >= 11 is 0. The number of aromatic hydroxyl groups is 1. The second-order valence-corrected chi connectivity index (χ2v) is 6.45. The maximum Gasteiger partial charge on any atom is 0.335 e. The van der Waals surface area contributed by atoms with Crippen molar-refractivity contribution in [3.05, 3.63) is 84.1 Å². The second kappa shape index (κ2) is 7.33. The van der Waals surface area contributed by atoms with Crippen LogP contribution in [0.2, 0.25) is 0 Å². The highest BCUT2D eigenvalue weighted by molar-refractivity contribution is 6.03. The number of pyridine rings is 1. The average Bonchev–Trinajstić information content (AvgIpc) is 2.73. The SMILES string of the molecule is N#Cc1ccc2c(Nc3cccc(O)c3)ncc(-c3cccc(C(=O)O)c3)c2c1. The Balaban J connectivity index is 1.90. The van der Waals surface area contributed by atoms with E-state index in [0.29, 0.717) is 22.6 Å². The van der Waals surface area contributed by atoms with Gasteiger partial charge in [-0.15, -0.1) is 0 Å². The number of carboxylic acid groups (broad SMARTS) is 1. The largest absolute Gasteiger partial charge is 0.508 e. The van der Waals surface area contributed by atoms with Crippen molar-refractivity contribution >= 4 is 28.2 Å². The van der Waals surface area contributed by atoms with E-state index in [1.54, 1.807) is 60.8 Å². The Morgan fingerprint density at radius 3 is 2.59 bits per heavy atom. The lowest BCUT2D eigenvalue weighted by Crippen LogP contribution is -1.98. The molecule has 6 heteroatoms. The molecule has 0 aliphatic heterocycles. The van der Waals surface area contributed by atoms with Crippen LogP contribution in [-0.4, -0.2) is 21.2 Å². The molecule has 0 fully saturated rings. The van der Waals surface area contributed by atoms with Crippen molar-refractivity contribution in [1.82, 2.24) is 4.98 Å². The van der Waals surface area contributed by atoms with Crippen LogP contribution in [0, 0.1) is 11.3 Å². The lowest BCUT2D eigenvalue weighted by molar-refractivity contribution is 0.0697. The molecular formula is C23H15N3O3. The normalized spacial score (nSPS) is 10.4. The number of fused-ring (bicyclic) bond motifs is 1. The first-order valence-corrected chi connectivity index (χ1v) is 8.78. The minimum absolute atomic E-state index is 0.133. The Morgan fingerprint density at radius 2 is 1.83 bits per heavy atom. The molecule has 29 heavy (non-hydrogen) atoms. The molecule has 4 rings (SSSR count). The number of aromatic nitrogens is 1. The number of phenolic OH excluding ortho intramolecular Hbond substituents is 1. The molecule has 0 saturated heterocycles. The number of nitriles is 1. The van der Waals surface area contributed by atoms with Crippen molar-refractivity contribution in [2.24, 2.45) is 0 Å². The van der Waals surface area contributed by atoms with Gasteiger partial charge < -0.3 is 15.5 Å². The van der Waals surface area contributed by atoms with E-state index >= 15 is 0 Å². The van der Waals surface area contributed by atoms with Crippen molar-refractivity contribution in [3.63, 3.8) is 0 Å². The van der Waals surface area contributed by atoms with Crippen LogP contribution in [0.4, 0.5) is 11.5 Å². The van der Waals surface area contributed by atoms with Gasteiger partial charge in [0.05, 0.1) is 17.2 Å². The molecule has 0 bridgehead atoms. The Bertz CT molecular complexity index is 1290. The summed E-state index contributed by atoms with van der Waals surface area (Å²) in [6, 6.07) is 20.7. The number of anilines is 2. The van der Waals surface area contributed by atoms with Crippen molar-refractivity contribution in [1.29, 1.82) is 5.26 Å². The maximum atomic E-state index is 11.3. The van der Waals surface area contributed by atoms with Crippen molar-refractivity contribution in [3.8, 4) is 22.9 Å². The third-order valence-electron chi connectivity index (χ3n) is 4.55. The molecule has 1 heterocycles. The van der Waals surface area contributed by atoms with Crippen LogP contribution < -0.4 is 5.32 Å². The molecule has 3 aromatic carbocycles. The number of hydrogen-bond acceptors (Lipinski definition) is 5. The summed E-state index contributed by atoms with van der Waals surface area (Å²) in [5.41, 5.74) is 2.75. The first-order valence-electron chi connectivity index (χ1n) is 8.78. The highest BCUT2D eigenvalue weighted by Gasteiger charge is 2.12. The van der Waals surface area contributed by atoms with Gasteiger partial charge in [0.1, 0.15) is 11.6 Å². The fourth-order valence-corrected chi connectivity index (χ4v) is 3.18. The monoisotopic (exact) mass is 381 g/mol. The van der Waals surface area contributed by atoms with Gasteiger partial charge in [-0.2, -0.15) is 5.26 Å². The number of phenols is 1. The van der Waals surface area contributed by atoms with Crippen LogP contribution in [0.25, 0.3) is 21.9 Å². The van der Waals surface area contributed by atoms with Crippen LogP contribution in [0.5, 0.6) is 5.75 Å². The maximum absolute atomic E-state index is 11.3. The van der Waals surface area contributed by atoms with E-state index in [2.05, 4.69) is 16.4 Å². The summed E-state index contributed by atoms with van der Waals surface area (Å²) in [6.07, 6.45) is 1.65. The number of hydrogen-bond donors (Lipinski definition) is 3. The summed E-state index contributed by atoms with van der Waals surface area (Å²) in [4.78, 5) is 15.9. The third kappa shape index (κ3) is 3.57. The Kier molecular flexibility index (Phi) is 4.55. The fourth-order valence-electron chi connectivity index (χ4n) is 3.18. The van der Waals surface area contributed by atoms with E-state index in [1.807, 2.05) is 6.07 Å². The molecule has 0 spiro atoms. The summed E-state index contributed by atoms with van der Waals surface area (Å²) < 4.78 is 0.